The first-order valence-corrected chi connectivity index (χ1v) is 9.94. The highest BCUT2D eigenvalue weighted by Crippen LogP contribution is 2.45. The number of anilines is 1. The van der Waals surface area contributed by atoms with Gasteiger partial charge in [0.05, 0.1) is 6.04 Å². The van der Waals surface area contributed by atoms with Gasteiger partial charge < -0.3 is 10.4 Å². The van der Waals surface area contributed by atoms with Crippen LogP contribution < -0.4 is 5.32 Å². The molecule has 2 aliphatic heterocycles. The third-order valence-electron chi connectivity index (χ3n) is 5.45. The Morgan fingerprint density at radius 1 is 1.21 bits per heavy atom. The van der Waals surface area contributed by atoms with Gasteiger partial charge in [-0.2, -0.15) is 41.6 Å². The second-order valence-electron chi connectivity index (χ2n) is 7.84. The molecule has 3 heterocycles. The quantitative estimate of drug-likeness (QED) is 0.593. The van der Waals surface area contributed by atoms with Gasteiger partial charge in [-0.15, -0.1) is 0 Å². The van der Waals surface area contributed by atoms with Gasteiger partial charge in [-0.25, -0.2) is 4.68 Å². The molecular formula is C19H16ClF6N5O2. The van der Waals surface area contributed by atoms with Crippen molar-refractivity contribution in [2.75, 3.05) is 5.32 Å². The third kappa shape index (κ3) is 4.03. The second kappa shape index (κ2) is 7.62. The van der Waals surface area contributed by atoms with Crippen LogP contribution in [0, 0.1) is 0 Å². The number of carbonyl (C=O) groups excluding carboxylic acids is 1. The molecule has 2 aliphatic rings. The molecule has 2 N–H and O–H groups in total. The SMILES string of the molecule is CC1=NN(C(=O)c2cc3n(n2)C(C(F)(F)F)CC(c2ccc(Cl)cc2)N3)C(O)(C(F)(F)F)C1. The molecule has 0 saturated heterocycles. The number of nitrogens with one attached hydrogen (secondary N) is 1. The van der Waals surface area contributed by atoms with Gasteiger partial charge in [0.1, 0.15) is 5.82 Å². The summed E-state index contributed by atoms with van der Waals surface area (Å²) < 4.78 is 82.2. The highest BCUT2D eigenvalue weighted by atomic mass is 35.5. The molecule has 0 radical (unpaired) electrons. The summed E-state index contributed by atoms with van der Waals surface area (Å²) in [6.07, 6.45) is -11.5. The Labute approximate surface area is 187 Å². The average molecular weight is 496 g/mol. The van der Waals surface area contributed by atoms with E-state index in [-0.39, 0.29) is 16.5 Å². The lowest BCUT2D eigenvalue weighted by Gasteiger charge is -2.33. The molecule has 14 heteroatoms. The zero-order valence-electron chi connectivity index (χ0n) is 16.7. The minimum atomic E-state index is -5.25. The first kappa shape index (κ1) is 23.4. The van der Waals surface area contributed by atoms with E-state index in [1.807, 2.05) is 0 Å². The monoisotopic (exact) mass is 495 g/mol. The Kier molecular flexibility index (Phi) is 5.39. The summed E-state index contributed by atoms with van der Waals surface area (Å²) in [6, 6.07) is 4.01. The van der Waals surface area contributed by atoms with Crippen LogP contribution in [0.3, 0.4) is 0 Å². The molecular weight excluding hydrogens is 480 g/mol. The molecule has 0 spiro atoms. The zero-order chi connectivity index (χ0) is 24.3. The first-order valence-electron chi connectivity index (χ1n) is 9.57. The van der Waals surface area contributed by atoms with Crippen molar-refractivity contribution in [2.24, 2.45) is 5.10 Å². The van der Waals surface area contributed by atoms with E-state index in [0.717, 1.165) is 6.07 Å². The summed E-state index contributed by atoms with van der Waals surface area (Å²) in [5.74, 6) is -1.71. The average Bonchev–Trinajstić information content (AvgIpc) is 3.27. The number of hydrogen-bond donors (Lipinski definition) is 2. The van der Waals surface area contributed by atoms with E-state index in [0.29, 0.717) is 15.3 Å². The Morgan fingerprint density at radius 2 is 1.85 bits per heavy atom. The summed E-state index contributed by atoms with van der Waals surface area (Å²) in [5, 5.41) is 20.2. The van der Waals surface area contributed by atoms with Crippen molar-refractivity contribution >= 4 is 29.0 Å². The first-order chi connectivity index (χ1) is 15.2. The van der Waals surface area contributed by atoms with Crippen LogP contribution >= 0.6 is 11.6 Å². The molecule has 0 bridgehead atoms. The molecule has 4 rings (SSSR count). The highest BCUT2D eigenvalue weighted by Gasteiger charge is 2.63. The van der Waals surface area contributed by atoms with Crippen molar-refractivity contribution in [2.45, 2.75) is 49.9 Å². The molecule has 0 aliphatic carbocycles. The minimum absolute atomic E-state index is 0.179. The van der Waals surface area contributed by atoms with Crippen LogP contribution in [0.1, 0.15) is 47.9 Å². The number of aromatic nitrogens is 2. The Hall–Kier alpha value is -2.80. The summed E-state index contributed by atoms with van der Waals surface area (Å²) in [5.41, 5.74) is -4.05. The van der Waals surface area contributed by atoms with Gasteiger partial charge in [0.15, 0.2) is 11.7 Å². The fourth-order valence-electron chi connectivity index (χ4n) is 3.85. The molecule has 3 atom stereocenters. The lowest BCUT2D eigenvalue weighted by Crippen LogP contribution is -2.56. The fourth-order valence-corrected chi connectivity index (χ4v) is 3.98. The predicted molar refractivity (Wildman–Crippen MR) is 105 cm³/mol. The normalized spacial score (nSPS) is 25.5. The Balaban J connectivity index is 1.72. The molecule has 0 fully saturated rings. The predicted octanol–water partition coefficient (Wildman–Crippen LogP) is 4.67. The second-order valence-corrected chi connectivity index (χ2v) is 8.28. The molecule has 7 nitrogen and oxygen atoms in total. The van der Waals surface area contributed by atoms with Gasteiger partial charge in [0.25, 0.3) is 11.6 Å². The van der Waals surface area contributed by atoms with E-state index in [9.17, 15) is 36.2 Å². The van der Waals surface area contributed by atoms with E-state index in [2.05, 4.69) is 15.5 Å². The maximum absolute atomic E-state index is 13.8. The van der Waals surface area contributed by atoms with Crippen molar-refractivity contribution in [3.8, 4) is 0 Å². The van der Waals surface area contributed by atoms with E-state index in [1.54, 1.807) is 0 Å². The van der Waals surface area contributed by atoms with Gasteiger partial charge in [-0.1, -0.05) is 23.7 Å². The molecule has 33 heavy (non-hydrogen) atoms. The Morgan fingerprint density at radius 3 is 2.42 bits per heavy atom. The number of fused-ring (bicyclic) bond motifs is 1. The minimum Gasteiger partial charge on any atom is -0.363 e. The molecule has 3 unspecified atom stereocenters. The number of benzene rings is 1. The van der Waals surface area contributed by atoms with Crippen LogP contribution in [-0.2, 0) is 0 Å². The van der Waals surface area contributed by atoms with Crippen LogP contribution in [0.15, 0.2) is 35.4 Å². The maximum atomic E-state index is 13.8. The summed E-state index contributed by atoms with van der Waals surface area (Å²) in [6.45, 7) is 1.18. The van der Waals surface area contributed by atoms with Crippen LogP contribution in [0.2, 0.25) is 5.02 Å². The smallest absolute Gasteiger partial charge is 0.363 e. The lowest BCUT2D eigenvalue weighted by atomic mass is 9.97. The van der Waals surface area contributed by atoms with Gasteiger partial charge >= 0.3 is 12.4 Å². The van der Waals surface area contributed by atoms with Crippen LogP contribution in [0.4, 0.5) is 32.2 Å². The number of aliphatic hydroxyl groups is 1. The van der Waals surface area contributed by atoms with E-state index in [4.69, 9.17) is 11.6 Å². The van der Waals surface area contributed by atoms with Crippen molar-refractivity contribution in [3.05, 3.63) is 46.6 Å². The summed E-state index contributed by atoms with van der Waals surface area (Å²) in [7, 11) is 0. The van der Waals surface area contributed by atoms with E-state index in [1.165, 1.54) is 31.2 Å². The van der Waals surface area contributed by atoms with Crippen molar-refractivity contribution in [3.63, 3.8) is 0 Å². The van der Waals surface area contributed by atoms with Crippen LogP contribution in [0.5, 0.6) is 0 Å². The van der Waals surface area contributed by atoms with Crippen molar-refractivity contribution in [1.29, 1.82) is 0 Å². The van der Waals surface area contributed by atoms with Gasteiger partial charge in [0, 0.05) is 29.6 Å². The number of alkyl halides is 6. The fraction of sp³-hybridized carbons (Fsp3) is 0.421. The van der Waals surface area contributed by atoms with Crippen LogP contribution in [0.25, 0.3) is 0 Å². The summed E-state index contributed by atoms with van der Waals surface area (Å²) in [4.78, 5) is 12.8. The molecule has 1 aromatic carbocycles. The number of rotatable bonds is 2. The number of nitrogens with zero attached hydrogens (tertiary/aromatic N) is 4. The zero-order valence-corrected chi connectivity index (χ0v) is 17.5. The number of hydrogen-bond acceptors (Lipinski definition) is 5. The Bertz CT molecular complexity index is 1110. The maximum Gasteiger partial charge on any atom is 0.438 e. The largest absolute Gasteiger partial charge is 0.438 e. The lowest BCUT2D eigenvalue weighted by molar-refractivity contribution is -0.297. The third-order valence-corrected chi connectivity index (χ3v) is 5.70. The standard InChI is InChI=1S/C19H16ClF6N5O2/c1-9-8-17(33,19(24,25)26)31(28-9)16(32)13-7-15-27-12(10-2-4-11(20)5-3-10)6-14(18(21,22)23)30(15)29-13/h2-5,7,12,14,27,33H,6,8H2,1H3. The van der Waals surface area contributed by atoms with Crippen molar-refractivity contribution < 1.29 is 36.2 Å². The van der Waals surface area contributed by atoms with Gasteiger partial charge in [-0.05, 0) is 24.6 Å². The highest BCUT2D eigenvalue weighted by molar-refractivity contribution is 6.30. The van der Waals surface area contributed by atoms with Gasteiger partial charge in [0.2, 0.25) is 0 Å². The van der Waals surface area contributed by atoms with E-state index < -0.39 is 54.6 Å². The van der Waals surface area contributed by atoms with E-state index >= 15 is 0 Å². The molecule has 0 saturated carbocycles. The number of amides is 1. The van der Waals surface area contributed by atoms with Crippen LogP contribution in [-0.4, -0.2) is 49.6 Å². The molecule has 2 aromatic rings. The summed E-state index contributed by atoms with van der Waals surface area (Å²) >= 11 is 5.83. The number of halogens is 7. The van der Waals surface area contributed by atoms with Crippen molar-refractivity contribution in [1.82, 2.24) is 14.8 Å². The number of hydrazone groups is 1. The molecule has 178 valence electrons. The topological polar surface area (TPSA) is 82.8 Å². The van der Waals surface area contributed by atoms with Gasteiger partial charge in [-0.3, -0.25) is 4.79 Å². The molecule has 1 aromatic heterocycles. The molecule has 1 amide bonds. The number of carbonyl (C=O) groups is 1.